The van der Waals surface area contributed by atoms with Gasteiger partial charge in [0.2, 0.25) is 0 Å². The monoisotopic (exact) mass is 304 g/mol. The van der Waals surface area contributed by atoms with E-state index < -0.39 is 18.1 Å². The third-order valence-corrected chi connectivity index (χ3v) is 2.19. The average Bonchev–Trinajstić information content (AvgIpc) is 2.39. The molecule has 6 nitrogen and oxygen atoms in total. The van der Waals surface area contributed by atoms with Crippen molar-refractivity contribution in [3.05, 3.63) is 35.9 Å². The molecule has 2 atom stereocenters. The van der Waals surface area contributed by atoms with Crippen LogP contribution in [0.5, 0.6) is 0 Å². The highest BCUT2D eigenvalue weighted by atomic mass is 35.5. The van der Waals surface area contributed by atoms with E-state index >= 15 is 0 Å². The van der Waals surface area contributed by atoms with Crippen molar-refractivity contribution >= 4 is 24.3 Å². The van der Waals surface area contributed by atoms with Gasteiger partial charge in [0.1, 0.15) is 12.1 Å². The number of halogens is 1. The van der Waals surface area contributed by atoms with Crippen molar-refractivity contribution in [2.75, 3.05) is 7.11 Å². The third-order valence-electron chi connectivity index (χ3n) is 2.19. The Morgan fingerprint density at radius 3 is 2.05 bits per heavy atom. The first-order valence-corrected chi connectivity index (χ1v) is 5.74. The predicted molar refractivity (Wildman–Crippen MR) is 78.7 cm³/mol. The number of nitrogens with two attached hydrogens (primary N) is 2. The van der Waals surface area contributed by atoms with Gasteiger partial charge < -0.3 is 21.3 Å². The Balaban J connectivity index is 0. The number of benzene rings is 1. The van der Waals surface area contributed by atoms with E-state index in [0.717, 1.165) is 5.56 Å². The second kappa shape index (κ2) is 11.2. The molecule has 1 aromatic carbocycles. The number of esters is 1. The second-order valence-electron chi connectivity index (χ2n) is 3.95. The fourth-order valence-corrected chi connectivity index (χ4v) is 1.10. The smallest absolute Gasteiger partial charge is 0.322 e. The molecule has 0 fully saturated rings. The molecule has 0 spiro atoms. The number of hydrogen-bond donors (Lipinski definition) is 3. The van der Waals surface area contributed by atoms with Crippen LogP contribution in [0, 0.1) is 0 Å². The van der Waals surface area contributed by atoms with Crippen molar-refractivity contribution < 1.29 is 19.4 Å². The molecule has 0 amide bonds. The number of rotatable bonds is 4. The average molecular weight is 305 g/mol. The Labute approximate surface area is 124 Å². The maximum Gasteiger partial charge on any atom is 0.322 e. The minimum atomic E-state index is -0.963. The number of carboxylic acids is 1. The Morgan fingerprint density at radius 2 is 1.70 bits per heavy atom. The number of aliphatic carboxylic acids is 1. The number of carboxylic acid groups (broad SMARTS) is 1. The zero-order chi connectivity index (χ0) is 14.8. The van der Waals surface area contributed by atoms with Crippen LogP contribution in [0.25, 0.3) is 0 Å². The number of hydrogen-bond acceptors (Lipinski definition) is 5. The molecule has 0 heterocycles. The molecule has 20 heavy (non-hydrogen) atoms. The fraction of sp³-hybridized carbons (Fsp3) is 0.385. The van der Waals surface area contributed by atoms with Crippen LogP contribution in [-0.4, -0.2) is 36.2 Å². The predicted octanol–water partition coefficient (Wildman–Crippen LogP) is 0.569. The molecule has 114 valence electrons. The van der Waals surface area contributed by atoms with Crippen LogP contribution in [0.1, 0.15) is 12.5 Å². The van der Waals surface area contributed by atoms with Gasteiger partial charge in [-0.15, -0.1) is 12.4 Å². The molecule has 0 aliphatic carbocycles. The highest BCUT2D eigenvalue weighted by molar-refractivity contribution is 5.85. The summed E-state index contributed by atoms with van der Waals surface area (Å²) < 4.78 is 4.52. The zero-order valence-electron chi connectivity index (χ0n) is 11.5. The van der Waals surface area contributed by atoms with E-state index in [1.165, 1.54) is 14.0 Å². The van der Waals surface area contributed by atoms with Gasteiger partial charge in [0.05, 0.1) is 7.11 Å². The molecule has 0 saturated carbocycles. The first-order chi connectivity index (χ1) is 8.88. The van der Waals surface area contributed by atoms with Crippen molar-refractivity contribution in [2.45, 2.75) is 25.4 Å². The fourth-order valence-electron chi connectivity index (χ4n) is 1.10. The molecule has 0 radical (unpaired) electrons. The lowest BCUT2D eigenvalue weighted by Crippen LogP contribution is -2.33. The van der Waals surface area contributed by atoms with E-state index in [-0.39, 0.29) is 18.4 Å². The molecule has 0 unspecified atom stereocenters. The van der Waals surface area contributed by atoms with E-state index in [0.29, 0.717) is 6.42 Å². The SMILES string of the molecule is COC(=O)[C@@H](N)Cc1ccccc1.C[C@H](N)C(=O)O.Cl. The Bertz CT molecular complexity index is 399. The van der Waals surface area contributed by atoms with E-state index in [2.05, 4.69) is 4.74 Å². The molecule has 0 saturated heterocycles. The lowest BCUT2D eigenvalue weighted by atomic mass is 10.1. The summed E-state index contributed by atoms with van der Waals surface area (Å²) in [4.78, 5) is 20.5. The van der Waals surface area contributed by atoms with Gasteiger partial charge in [0, 0.05) is 0 Å². The van der Waals surface area contributed by atoms with Gasteiger partial charge in [0.25, 0.3) is 0 Å². The molecule has 0 aliphatic rings. The van der Waals surface area contributed by atoms with Gasteiger partial charge in [-0.2, -0.15) is 0 Å². The molecule has 1 rings (SSSR count). The van der Waals surface area contributed by atoms with E-state index in [4.69, 9.17) is 16.6 Å². The number of ether oxygens (including phenoxy) is 1. The minimum Gasteiger partial charge on any atom is -0.480 e. The van der Waals surface area contributed by atoms with E-state index in [1.54, 1.807) is 0 Å². The summed E-state index contributed by atoms with van der Waals surface area (Å²) in [5, 5.41) is 7.87. The summed E-state index contributed by atoms with van der Waals surface area (Å²) in [6.45, 7) is 1.42. The van der Waals surface area contributed by atoms with Crippen molar-refractivity contribution in [1.82, 2.24) is 0 Å². The quantitative estimate of drug-likeness (QED) is 0.700. The second-order valence-corrected chi connectivity index (χ2v) is 3.95. The van der Waals surface area contributed by atoms with Gasteiger partial charge in [-0.3, -0.25) is 9.59 Å². The van der Waals surface area contributed by atoms with Crippen LogP contribution >= 0.6 is 12.4 Å². The van der Waals surface area contributed by atoms with Gasteiger partial charge in [-0.25, -0.2) is 0 Å². The van der Waals surface area contributed by atoms with Gasteiger partial charge in [0.15, 0.2) is 0 Å². The summed E-state index contributed by atoms with van der Waals surface area (Å²) >= 11 is 0. The van der Waals surface area contributed by atoms with Crippen LogP contribution in [0.3, 0.4) is 0 Å². The molecule has 7 heteroatoms. The largest absolute Gasteiger partial charge is 0.480 e. The Morgan fingerprint density at radius 1 is 1.25 bits per heavy atom. The summed E-state index contributed by atoms with van der Waals surface area (Å²) in [5.74, 6) is -1.33. The molecular formula is C13H21ClN2O4. The molecule has 0 bridgehead atoms. The Kier molecular flexibility index (Phi) is 11.6. The summed E-state index contributed by atoms with van der Waals surface area (Å²) in [7, 11) is 1.34. The lowest BCUT2D eigenvalue weighted by molar-refractivity contribution is -0.142. The van der Waals surface area contributed by atoms with Crippen molar-refractivity contribution in [2.24, 2.45) is 11.5 Å². The summed E-state index contributed by atoms with van der Waals surface area (Å²) in [5.41, 5.74) is 11.5. The highest BCUT2D eigenvalue weighted by Gasteiger charge is 2.13. The van der Waals surface area contributed by atoms with Crippen molar-refractivity contribution in [3.63, 3.8) is 0 Å². The first-order valence-electron chi connectivity index (χ1n) is 5.74. The van der Waals surface area contributed by atoms with Crippen LogP contribution in [0.2, 0.25) is 0 Å². The van der Waals surface area contributed by atoms with E-state index in [1.807, 2.05) is 30.3 Å². The Hall–Kier alpha value is -1.63. The van der Waals surface area contributed by atoms with E-state index in [9.17, 15) is 9.59 Å². The summed E-state index contributed by atoms with van der Waals surface area (Å²) in [6, 6.07) is 8.33. The maximum atomic E-state index is 11.0. The van der Waals surface area contributed by atoms with Crippen LogP contribution in [-0.2, 0) is 20.7 Å². The third kappa shape index (κ3) is 9.32. The molecule has 0 aliphatic heterocycles. The number of methoxy groups -OCH3 is 1. The molecule has 5 N–H and O–H groups in total. The maximum absolute atomic E-state index is 11.0. The topological polar surface area (TPSA) is 116 Å². The van der Waals surface area contributed by atoms with Crippen LogP contribution in [0.4, 0.5) is 0 Å². The van der Waals surface area contributed by atoms with Crippen LogP contribution in [0.15, 0.2) is 30.3 Å². The van der Waals surface area contributed by atoms with Crippen LogP contribution < -0.4 is 11.5 Å². The van der Waals surface area contributed by atoms with Gasteiger partial charge in [-0.05, 0) is 18.9 Å². The standard InChI is InChI=1S/C10H13NO2.C3H7NO2.ClH/c1-13-10(12)9(11)7-8-5-3-2-4-6-8;1-2(4)3(5)6;/h2-6,9H,7,11H2,1H3;2H,4H2,1H3,(H,5,6);1H/t9-;2-;/m00./s1. The highest BCUT2D eigenvalue weighted by Crippen LogP contribution is 2.02. The number of carbonyl (C=O) groups is 2. The van der Waals surface area contributed by atoms with Crippen molar-refractivity contribution in [1.29, 1.82) is 0 Å². The molecule has 0 aromatic heterocycles. The van der Waals surface area contributed by atoms with Crippen molar-refractivity contribution in [3.8, 4) is 0 Å². The molecular weight excluding hydrogens is 284 g/mol. The minimum absolute atomic E-state index is 0. The molecule has 1 aromatic rings. The lowest BCUT2D eigenvalue weighted by Gasteiger charge is -2.08. The van der Waals surface area contributed by atoms with Gasteiger partial charge in [-0.1, -0.05) is 30.3 Å². The summed E-state index contributed by atoms with van der Waals surface area (Å²) in [6.07, 6.45) is 0.521. The van der Waals surface area contributed by atoms with Gasteiger partial charge >= 0.3 is 11.9 Å². The zero-order valence-corrected chi connectivity index (χ0v) is 12.3. The number of carbonyl (C=O) groups excluding carboxylic acids is 1. The normalized spacial score (nSPS) is 12.0. The first kappa shape index (κ1) is 20.7.